The monoisotopic (exact) mass is 372 g/mol. The number of halogens is 1. The third-order valence-electron chi connectivity index (χ3n) is 4.27. The Morgan fingerprint density at radius 1 is 0.962 bits per heavy atom. The molecule has 7 heteroatoms. The molecule has 2 aromatic rings. The lowest BCUT2D eigenvalue weighted by atomic mass is 10.0. The number of carbonyl (C=O) groups is 3. The zero-order chi connectivity index (χ0) is 18.7. The van der Waals surface area contributed by atoms with Crippen molar-refractivity contribution < 1.29 is 19.1 Å². The molecule has 0 radical (unpaired) electrons. The summed E-state index contributed by atoms with van der Waals surface area (Å²) >= 11 is 5.91. The summed E-state index contributed by atoms with van der Waals surface area (Å²) in [5.74, 6) is -1.19. The zero-order valence-corrected chi connectivity index (χ0v) is 14.8. The van der Waals surface area contributed by atoms with Crippen LogP contribution in [0.3, 0.4) is 0 Å². The summed E-state index contributed by atoms with van der Waals surface area (Å²) in [5, 5.41) is 5.97. The van der Waals surface area contributed by atoms with Crippen LogP contribution >= 0.6 is 11.6 Å². The van der Waals surface area contributed by atoms with Crippen LogP contribution in [0.1, 0.15) is 23.2 Å². The van der Waals surface area contributed by atoms with Crippen LogP contribution in [0.2, 0.25) is 5.02 Å². The van der Waals surface area contributed by atoms with E-state index in [2.05, 4.69) is 15.4 Å². The predicted octanol–water partition coefficient (Wildman–Crippen LogP) is 3.48. The zero-order valence-electron chi connectivity index (χ0n) is 14.0. The standard InChI is InChI=1S/C19H17ClN2O4/c1-26-16(23)12-5-7-14(8-6-12)21-17(24)19(9-10-19)18(25)22-15-4-2-3-13(20)11-15/h2-8,11H,9-10H2,1H3,(H,21,24)(H,22,25). The van der Waals surface area contributed by atoms with Crippen molar-refractivity contribution in [2.45, 2.75) is 12.8 Å². The molecule has 2 N–H and O–H groups in total. The largest absolute Gasteiger partial charge is 0.465 e. The average molecular weight is 373 g/mol. The molecule has 6 nitrogen and oxygen atoms in total. The van der Waals surface area contributed by atoms with Gasteiger partial charge in [0.05, 0.1) is 12.7 Å². The normalized spacial score (nSPS) is 14.2. The fourth-order valence-electron chi connectivity index (χ4n) is 2.56. The number of methoxy groups -OCH3 is 1. The molecule has 0 aliphatic heterocycles. The Hall–Kier alpha value is -2.86. The van der Waals surface area contributed by atoms with E-state index in [1.807, 2.05) is 0 Å². The number of rotatable bonds is 5. The van der Waals surface area contributed by atoms with E-state index in [1.54, 1.807) is 48.5 Å². The minimum absolute atomic E-state index is 0.358. The van der Waals surface area contributed by atoms with E-state index in [-0.39, 0.29) is 11.8 Å². The van der Waals surface area contributed by atoms with Gasteiger partial charge in [0.2, 0.25) is 11.8 Å². The molecule has 0 unspecified atom stereocenters. The third kappa shape index (κ3) is 3.70. The number of anilines is 2. The van der Waals surface area contributed by atoms with Crippen LogP contribution in [0.4, 0.5) is 11.4 Å². The number of esters is 1. The van der Waals surface area contributed by atoms with Gasteiger partial charge in [0, 0.05) is 16.4 Å². The Labute approximate surface area is 155 Å². The molecular formula is C19H17ClN2O4. The number of amides is 2. The average Bonchev–Trinajstić information content (AvgIpc) is 3.44. The van der Waals surface area contributed by atoms with Gasteiger partial charge in [-0.25, -0.2) is 4.79 Å². The maximum absolute atomic E-state index is 12.6. The number of benzene rings is 2. The van der Waals surface area contributed by atoms with Crippen molar-refractivity contribution in [2.24, 2.45) is 5.41 Å². The quantitative estimate of drug-likeness (QED) is 0.621. The molecule has 0 spiro atoms. The first-order valence-corrected chi connectivity index (χ1v) is 8.39. The van der Waals surface area contributed by atoms with Crippen molar-refractivity contribution in [1.82, 2.24) is 0 Å². The Morgan fingerprint density at radius 3 is 2.12 bits per heavy atom. The van der Waals surface area contributed by atoms with Gasteiger partial charge in [-0.05, 0) is 55.3 Å². The summed E-state index contributed by atoms with van der Waals surface area (Å²) in [6.45, 7) is 0. The van der Waals surface area contributed by atoms with E-state index in [9.17, 15) is 14.4 Å². The molecule has 134 valence electrons. The van der Waals surface area contributed by atoms with Crippen molar-refractivity contribution in [2.75, 3.05) is 17.7 Å². The van der Waals surface area contributed by atoms with Crippen molar-refractivity contribution in [3.05, 3.63) is 59.1 Å². The lowest BCUT2D eigenvalue weighted by Crippen LogP contribution is -2.35. The van der Waals surface area contributed by atoms with Gasteiger partial charge in [0.1, 0.15) is 5.41 Å². The first kappa shape index (κ1) is 17.9. The smallest absolute Gasteiger partial charge is 0.337 e. The highest BCUT2D eigenvalue weighted by atomic mass is 35.5. The Balaban J connectivity index is 1.67. The van der Waals surface area contributed by atoms with E-state index < -0.39 is 11.4 Å². The Kier molecular flexibility index (Phi) is 4.95. The number of nitrogens with one attached hydrogen (secondary N) is 2. The van der Waals surface area contributed by atoms with Crippen LogP contribution in [-0.2, 0) is 14.3 Å². The summed E-state index contributed by atoms with van der Waals surface area (Å²) in [5.41, 5.74) is 0.349. The van der Waals surface area contributed by atoms with Gasteiger partial charge in [-0.2, -0.15) is 0 Å². The van der Waals surface area contributed by atoms with Crippen molar-refractivity contribution in [3.8, 4) is 0 Å². The lowest BCUT2D eigenvalue weighted by molar-refractivity contribution is -0.131. The van der Waals surface area contributed by atoms with E-state index in [0.29, 0.717) is 34.8 Å². The number of hydrogen-bond acceptors (Lipinski definition) is 4. The molecule has 1 fully saturated rings. The lowest BCUT2D eigenvalue weighted by Gasteiger charge is -2.15. The van der Waals surface area contributed by atoms with Crippen molar-refractivity contribution >= 4 is 40.8 Å². The highest BCUT2D eigenvalue weighted by molar-refractivity contribution is 6.31. The molecule has 0 heterocycles. The minimum Gasteiger partial charge on any atom is -0.465 e. The van der Waals surface area contributed by atoms with Crippen molar-refractivity contribution in [1.29, 1.82) is 0 Å². The summed E-state index contributed by atoms with van der Waals surface area (Å²) in [4.78, 5) is 36.6. The Bertz CT molecular complexity index is 860. The fourth-order valence-corrected chi connectivity index (χ4v) is 2.75. The van der Waals surface area contributed by atoms with Gasteiger partial charge in [-0.3, -0.25) is 9.59 Å². The summed E-state index contributed by atoms with van der Waals surface area (Å²) in [7, 11) is 1.30. The van der Waals surface area contributed by atoms with Crippen LogP contribution in [0, 0.1) is 5.41 Å². The SMILES string of the molecule is COC(=O)c1ccc(NC(=O)C2(C(=O)Nc3cccc(Cl)c3)CC2)cc1. The van der Waals surface area contributed by atoms with E-state index >= 15 is 0 Å². The van der Waals surface area contributed by atoms with Gasteiger partial charge >= 0.3 is 5.97 Å². The van der Waals surface area contributed by atoms with Gasteiger partial charge < -0.3 is 15.4 Å². The van der Waals surface area contributed by atoms with E-state index in [4.69, 9.17) is 11.6 Å². The Morgan fingerprint density at radius 2 is 1.58 bits per heavy atom. The summed E-state index contributed by atoms with van der Waals surface area (Å²) in [6.07, 6.45) is 0.955. The van der Waals surface area contributed by atoms with Crippen molar-refractivity contribution in [3.63, 3.8) is 0 Å². The molecule has 1 saturated carbocycles. The van der Waals surface area contributed by atoms with E-state index in [1.165, 1.54) is 7.11 Å². The van der Waals surface area contributed by atoms with Crippen LogP contribution in [0.15, 0.2) is 48.5 Å². The highest BCUT2D eigenvalue weighted by Crippen LogP contribution is 2.47. The van der Waals surface area contributed by atoms with Gasteiger partial charge in [0.25, 0.3) is 0 Å². The second-order valence-electron chi connectivity index (χ2n) is 6.07. The van der Waals surface area contributed by atoms with Gasteiger partial charge in [-0.1, -0.05) is 17.7 Å². The molecule has 0 atom stereocenters. The first-order chi connectivity index (χ1) is 12.4. The molecule has 1 aliphatic carbocycles. The number of hydrogen-bond donors (Lipinski definition) is 2. The second kappa shape index (κ2) is 7.17. The number of carbonyl (C=O) groups excluding carboxylic acids is 3. The third-order valence-corrected chi connectivity index (χ3v) is 4.50. The molecule has 0 saturated heterocycles. The minimum atomic E-state index is -1.08. The fraction of sp³-hybridized carbons (Fsp3) is 0.211. The number of ether oxygens (including phenoxy) is 1. The molecule has 1 aliphatic rings. The molecule has 0 aromatic heterocycles. The summed E-state index contributed by atoms with van der Waals surface area (Å²) in [6, 6.07) is 13.0. The molecule has 2 aromatic carbocycles. The maximum Gasteiger partial charge on any atom is 0.337 e. The van der Waals surface area contributed by atoms with Crippen LogP contribution < -0.4 is 10.6 Å². The maximum atomic E-state index is 12.6. The molecular weight excluding hydrogens is 356 g/mol. The molecule has 26 heavy (non-hydrogen) atoms. The van der Waals surface area contributed by atoms with E-state index in [0.717, 1.165) is 0 Å². The molecule has 0 bridgehead atoms. The summed E-state index contributed by atoms with van der Waals surface area (Å²) < 4.78 is 4.63. The molecule has 3 rings (SSSR count). The van der Waals surface area contributed by atoms with Crippen LogP contribution in [-0.4, -0.2) is 24.9 Å². The van der Waals surface area contributed by atoms with Gasteiger partial charge in [-0.15, -0.1) is 0 Å². The second-order valence-corrected chi connectivity index (χ2v) is 6.51. The first-order valence-electron chi connectivity index (χ1n) is 8.01. The predicted molar refractivity (Wildman–Crippen MR) is 98.2 cm³/mol. The topological polar surface area (TPSA) is 84.5 Å². The van der Waals surface area contributed by atoms with Gasteiger partial charge in [0.15, 0.2) is 0 Å². The highest BCUT2D eigenvalue weighted by Gasteiger charge is 2.56. The van der Waals surface area contributed by atoms with Crippen LogP contribution in [0.25, 0.3) is 0 Å². The van der Waals surface area contributed by atoms with Crippen LogP contribution in [0.5, 0.6) is 0 Å². The molecule has 2 amide bonds.